The van der Waals surface area contributed by atoms with Gasteiger partial charge >= 0.3 is 5.69 Å². The van der Waals surface area contributed by atoms with Gasteiger partial charge in [0.15, 0.2) is 10.1 Å². The molecule has 140 valence electrons. The van der Waals surface area contributed by atoms with Gasteiger partial charge in [-0.2, -0.15) is 0 Å². The number of para-hydroxylation sites is 1. The van der Waals surface area contributed by atoms with Gasteiger partial charge in [-0.3, -0.25) is 18.7 Å². The number of rotatable bonds is 6. The van der Waals surface area contributed by atoms with Crippen molar-refractivity contribution < 1.29 is 4.79 Å². The van der Waals surface area contributed by atoms with E-state index in [4.69, 9.17) is 5.73 Å². The van der Waals surface area contributed by atoms with Crippen LogP contribution in [0.1, 0.15) is 10.4 Å². The minimum Gasteiger partial charge on any atom is -0.384 e. The first-order chi connectivity index (χ1) is 12.9. The maximum Gasteiger partial charge on any atom is 0.332 e. The van der Waals surface area contributed by atoms with Gasteiger partial charge in [0.25, 0.3) is 5.56 Å². The number of nitrogens with one attached hydrogen (secondary N) is 1. The number of Topliss-reactive ketones (excluding diaryl/α,β-unsaturated/α-hetero) is 1. The van der Waals surface area contributed by atoms with Gasteiger partial charge in [0.05, 0.1) is 5.75 Å². The molecule has 0 atom stereocenters. The highest BCUT2D eigenvalue weighted by atomic mass is 32.2. The van der Waals surface area contributed by atoms with Crippen molar-refractivity contribution in [1.29, 1.82) is 0 Å². The summed E-state index contributed by atoms with van der Waals surface area (Å²) >= 11 is 2.44. The summed E-state index contributed by atoms with van der Waals surface area (Å²) in [6.45, 7) is 0. The standard InChI is InChI=1S/C16H16N6O3S2/c1-21-12(17)11(13(24)22(2)16(21)25)10(23)8-26-15-20-19-14(27-15)18-9-6-4-3-5-7-9/h3-7H,8,17H2,1-2H3,(H,18,19). The number of hydrogen-bond donors (Lipinski definition) is 2. The highest BCUT2D eigenvalue weighted by molar-refractivity contribution is 8.01. The topological polar surface area (TPSA) is 125 Å². The molecule has 3 aromatic rings. The van der Waals surface area contributed by atoms with Crippen LogP contribution in [0, 0.1) is 0 Å². The number of carbonyl (C=O) groups is 1. The summed E-state index contributed by atoms with van der Waals surface area (Å²) in [6, 6.07) is 9.51. The molecule has 0 fully saturated rings. The third kappa shape index (κ3) is 3.93. The number of ketones is 1. The lowest BCUT2D eigenvalue weighted by molar-refractivity contribution is 0.102. The Morgan fingerprint density at radius 1 is 1.19 bits per heavy atom. The van der Waals surface area contributed by atoms with Gasteiger partial charge in [0, 0.05) is 19.8 Å². The van der Waals surface area contributed by atoms with E-state index in [9.17, 15) is 14.4 Å². The molecule has 0 aliphatic carbocycles. The van der Waals surface area contributed by atoms with Crippen molar-refractivity contribution in [2.45, 2.75) is 4.34 Å². The van der Waals surface area contributed by atoms with E-state index < -0.39 is 17.0 Å². The van der Waals surface area contributed by atoms with Crippen LogP contribution in [-0.4, -0.2) is 30.9 Å². The average Bonchev–Trinajstić information content (AvgIpc) is 3.11. The molecule has 0 bridgehead atoms. The van der Waals surface area contributed by atoms with Crippen molar-refractivity contribution in [3.05, 3.63) is 56.7 Å². The molecular formula is C16H16N6O3S2. The smallest absolute Gasteiger partial charge is 0.332 e. The Balaban J connectivity index is 1.72. The van der Waals surface area contributed by atoms with Crippen molar-refractivity contribution in [3.63, 3.8) is 0 Å². The van der Waals surface area contributed by atoms with Gasteiger partial charge in [0.2, 0.25) is 5.13 Å². The first-order valence-electron chi connectivity index (χ1n) is 7.75. The van der Waals surface area contributed by atoms with Gasteiger partial charge < -0.3 is 11.1 Å². The first kappa shape index (κ1) is 18.9. The number of hydrogen-bond acceptors (Lipinski definition) is 9. The predicted octanol–water partition coefficient (Wildman–Crippen LogP) is 1.24. The zero-order chi connectivity index (χ0) is 19.6. The van der Waals surface area contributed by atoms with Gasteiger partial charge in [-0.05, 0) is 12.1 Å². The summed E-state index contributed by atoms with van der Waals surface area (Å²) in [6.07, 6.45) is 0. The second-order valence-corrected chi connectivity index (χ2v) is 7.74. The molecular weight excluding hydrogens is 388 g/mol. The maximum absolute atomic E-state index is 12.5. The van der Waals surface area contributed by atoms with Crippen LogP contribution in [0.5, 0.6) is 0 Å². The van der Waals surface area contributed by atoms with Crippen molar-refractivity contribution >= 4 is 45.5 Å². The van der Waals surface area contributed by atoms with Gasteiger partial charge in [-0.1, -0.05) is 41.3 Å². The van der Waals surface area contributed by atoms with Gasteiger partial charge in [0.1, 0.15) is 11.4 Å². The Bertz CT molecular complexity index is 1100. The van der Waals surface area contributed by atoms with Crippen molar-refractivity contribution in [3.8, 4) is 0 Å². The normalized spacial score (nSPS) is 10.7. The Morgan fingerprint density at radius 3 is 2.59 bits per heavy atom. The minimum atomic E-state index is -0.704. The van der Waals surface area contributed by atoms with Crippen LogP contribution in [0.15, 0.2) is 44.3 Å². The molecule has 1 aromatic carbocycles. The van der Waals surface area contributed by atoms with Crippen LogP contribution < -0.4 is 22.3 Å². The number of thioether (sulfide) groups is 1. The Hall–Kier alpha value is -2.92. The van der Waals surface area contributed by atoms with Crippen LogP contribution in [-0.2, 0) is 14.1 Å². The molecule has 0 amide bonds. The molecule has 2 aromatic heterocycles. The molecule has 0 saturated carbocycles. The van der Waals surface area contributed by atoms with E-state index in [2.05, 4.69) is 15.5 Å². The van der Waals surface area contributed by atoms with Crippen molar-refractivity contribution in [2.24, 2.45) is 14.1 Å². The second kappa shape index (κ2) is 7.76. The van der Waals surface area contributed by atoms with E-state index in [1.165, 1.54) is 25.4 Å². The molecule has 0 aliphatic heterocycles. The summed E-state index contributed by atoms with van der Waals surface area (Å²) in [5, 5.41) is 11.8. The lowest BCUT2D eigenvalue weighted by atomic mass is 10.2. The monoisotopic (exact) mass is 404 g/mol. The second-order valence-electron chi connectivity index (χ2n) is 5.54. The summed E-state index contributed by atoms with van der Waals surface area (Å²) in [5.74, 6) is -0.656. The predicted molar refractivity (Wildman–Crippen MR) is 106 cm³/mol. The number of benzene rings is 1. The highest BCUT2D eigenvalue weighted by Crippen LogP contribution is 2.28. The summed E-state index contributed by atoms with van der Waals surface area (Å²) in [5.41, 5.74) is 5.19. The molecule has 0 aliphatic rings. The fraction of sp³-hybridized carbons (Fsp3) is 0.188. The Kier molecular flexibility index (Phi) is 5.42. The molecule has 11 heteroatoms. The average molecular weight is 404 g/mol. The zero-order valence-corrected chi connectivity index (χ0v) is 16.1. The molecule has 0 spiro atoms. The number of carbonyl (C=O) groups excluding carboxylic acids is 1. The number of anilines is 3. The van der Waals surface area contributed by atoms with E-state index in [1.807, 2.05) is 30.3 Å². The fourth-order valence-corrected chi connectivity index (χ4v) is 3.93. The molecule has 27 heavy (non-hydrogen) atoms. The summed E-state index contributed by atoms with van der Waals surface area (Å²) in [4.78, 5) is 36.5. The van der Waals surface area contributed by atoms with Crippen molar-refractivity contribution in [1.82, 2.24) is 19.3 Å². The maximum atomic E-state index is 12.5. The SMILES string of the molecule is Cn1c(N)c(C(=O)CSc2nnc(Nc3ccccc3)s2)c(=O)n(C)c1=O. The van der Waals surface area contributed by atoms with E-state index in [0.29, 0.717) is 9.47 Å². The number of nitrogens with two attached hydrogens (primary N) is 1. The molecule has 0 radical (unpaired) electrons. The van der Waals surface area contributed by atoms with E-state index >= 15 is 0 Å². The van der Waals surface area contributed by atoms with Crippen LogP contribution in [0.4, 0.5) is 16.6 Å². The largest absolute Gasteiger partial charge is 0.384 e. The number of nitrogen functional groups attached to an aromatic ring is 1. The minimum absolute atomic E-state index is 0.0440. The molecule has 2 heterocycles. The molecule has 3 rings (SSSR count). The highest BCUT2D eigenvalue weighted by Gasteiger charge is 2.20. The zero-order valence-electron chi connectivity index (χ0n) is 14.5. The Labute approximate surface area is 161 Å². The lowest BCUT2D eigenvalue weighted by Gasteiger charge is -2.10. The Morgan fingerprint density at radius 2 is 1.89 bits per heavy atom. The van der Waals surface area contributed by atoms with E-state index in [0.717, 1.165) is 26.6 Å². The molecule has 3 N–H and O–H groups in total. The van der Waals surface area contributed by atoms with Crippen LogP contribution in [0.25, 0.3) is 0 Å². The fourth-order valence-electron chi connectivity index (χ4n) is 2.29. The third-order valence-electron chi connectivity index (χ3n) is 3.75. The molecule has 9 nitrogen and oxygen atoms in total. The molecule has 0 unspecified atom stereocenters. The van der Waals surface area contributed by atoms with Gasteiger partial charge in [-0.15, -0.1) is 10.2 Å². The third-order valence-corrected chi connectivity index (χ3v) is 5.72. The summed E-state index contributed by atoms with van der Waals surface area (Å²) in [7, 11) is 2.72. The number of nitrogens with zero attached hydrogens (tertiary/aromatic N) is 4. The lowest BCUT2D eigenvalue weighted by Crippen LogP contribution is -2.41. The number of aromatic nitrogens is 4. The van der Waals surface area contributed by atoms with Crippen LogP contribution >= 0.6 is 23.1 Å². The van der Waals surface area contributed by atoms with Gasteiger partial charge in [-0.25, -0.2) is 4.79 Å². The van der Waals surface area contributed by atoms with E-state index in [-0.39, 0.29) is 17.1 Å². The first-order valence-corrected chi connectivity index (χ1v) is 9.55. The molecule has 0 saturated heterocycles. The van der Waals surface area contributed by atoms with Crippen LogP contribution in [0.2, 0.25) is 0 Å². The quantitative estimate of drug-likeness (QED) is 0.464. The van der Waals surface area contributed by atoms with E-state index in [1.54, 1.807) is 0 Å². The summed E-state index contributed by atoms with van der Waals surface area (Å²) < 4.78 is 2.51. The van der Waals surface area contributed by atoms with Crippen LogP contribution in [0.3, 0.4) is 0 Å². The van der Waals surface area contributed by atoms with Crippen molar-refractivity contribution in [2.75, 3.05) is 16.8 Å².